The van der Waals surface area contributed by atoms with Gasteiger partial charge in [-0.15, -0.1) is 11.3 Å². The second kappa shape index (κ2) is 8.06. The molecule has 0 N–H and O–H groups in total. The van der Waals surface area contributed by atoms with Gasteiger partial charge in [0.1, 0.15) is 0 Å². The first-order chi connectivity index (χ1) is 8.15. The van der Waals surface area contributed by atoms with E-state index in [0.29, 0.717) is 13.2 Å². The third-order valence-corrected chi connectivity index (χ3v) is 3.44. The van der Waals surface area contributed by atoms with E-state index in [1.54, 1.807) is 11.3 Å². The Kier molecular flexibility index (Phi) is 7.08. The number of ether oxygens (including phenoxy) is 2. The zero-order valence-corrected chi connectivity index (χ0v) is 12.2. The summed E-state index contributed by atoms with van der Waals surface area (Å²) >= 11 is 7.51. The number of thiophene rings is 1. The van der Waals surface area contributed by atoms with Gasteiger partial charge >= 0.3 is 0 Å². The molecule has 1 aromatic heterocycles. The summed E-state index contributed by atoms with van der Waals surface area (Å²) in [6, 6.07) is 3.98. The average Bonchev–Trinajstić information content (AvgIpc) is 2.64. The summed E-state index contributed by atoms with van der Waals surface area (Å²) in [5.41, 5.74) is 0. The Morgan fingerprint density at radius 3 is 2.41 bits per heavy atom. The van der Waals surface area contributed by atoms with Crippen LogP contribution in [0.1, 0.15) is 18.7 Å². The SMILES string of the molecule is CCOC(CN(C)Cc1ccc(Cl)s1)OCC. The number of likely N-dealkylation sites (N-methyl/N-ethyl adjacent to an activating group) is 1. The van der Waals surface area contributed by atoms with Crippen molar-refractivity contribution in [2.75, 3.05) is 26.8 Å². The summed E-state index contributed by atoms with van der Waals surface area (Å²) in [4.78, 5) is 3.43. The zero-order valence-electron chi connectivity index (χ0n) is 10.6. The van der Waals surface area contributed by atoms with Crippen LogP contribution in [0.2, 0.25) is 4.34 Å². The van der Waals surface area contributed by atoms with Gasteiger partial charge in [-0.25, -0.2) is 0 Å². The van der Waals surface area contributed by atoms with Crippen LogP contribution < -0.4 is 0 Å². The second-order valence-electron chi connectivity index (χ2n) is 3.74. The standard InChI is InChI=1S/C12H20ClNO2S/c1-4-15-12(16-5-2)9-14(3)8-10-6-7-11(13)17-10/h6-7,12H,4-5,8-9H2,1-3H3. The van der Waals surface area contributed by atoms with Gasteiger partial charge in [-0.05, 0) is 33.0 Å². The molecule has 0 saturated carbocycles. The van der Waals surface area contributed by atoms with Crippen LogP contribution in [0.4, 0.5) is 0 Å². The summed E-state index contributed by atoms with van der Waals surface area (Å²) in [7, 11) is 2.05. The predicted molar refractivity (Wildman–Crippen MR) is 72.7 cm³/mol. The van der Waals surface area contributed by atoms with E-state index in [1.165, 1.54) is 4.88 Å². The van der Waals surface area contributed by atoms with Crippen LogP contribution in [0.15, 0.2) is 12.1 Å². The van der Waals surface area contributed by atoms with Crippen LogP contribution in [-0.4, -0.2) is 38.0 Å². The van der Waals surface area contributed by atoms with E-state index in [2.05, 4.69) is 18.0 Å². The fourth-order valence-electron chi connectivity index (χ4n) is 1.55. The van der Waals surface area contributed by atoms with E-state index in [9.17, 15) is 0 Å². The summed E-state index contributed by atoms with van der Waals surface area (Å²) < 4.78 is 11.9. The highest BCUT2D eigenvalue weighted by Gasteiger charge is 2.12. The third kappa shape index (κ3) is 5.84. The maximum Gasteiger partial charge on any atom is 0.170 e. The van der Waals surface area contributed by atoms with Crippen molar-refractivity contribution in [1.29, 1.82) is 0 Å². The Morgan fingerprint density at radius 1 is 1.29 bits per heavy atom. The molecule has 0 aliphatic carbocycles. The Bertz CT molecular complexity index is 313. The van der Waals surface area contributed by atoms with Gasteiger partial charge in [-0.2, -0.15) is 0 Å². The highest BCUT2D eigenvalue weighted by Crippen LogP contribution is 2.22. The number of nitrogens with zero attached hydrogens (tertiary/aromatic N) is 1. The van der Waals surface area contributed by atoms with E-state index in [-0.39, 0.29) is 6.29 Å². The van der Waals surface area contributed by atoms with Crippen LogP contribution in [0.25, 0.3) is 0 Å². The monoisotopic (exact) mass is 277 g/mol. The van der Waals surface area contributed by atoms with E-state index < -0.39 is 0 Å². The lowest BCUT2D eigenvalue weighted by Crippen LogP contribution is -2.32. The van der Waals surface area contributed by atoms with Gasteiger partial charge in [0.15, 0.2) is 6.29 Å². The van der Waals surface area contributed by atoms with Gasteiger partial charge in [-0.1, -0.05) is 11.6 Å². The molecule has 0 unspecified atom stereocenters. The fraction of sp³-hybridized carbons (Fsp3) is 0.667. The van der Waals surface area contributed by atoms with Gasteiger partial charge < -0.3 is 9.47 Å². The van der Waals surface area contributed by atoms with Gasteiger partial charge in [0, 0.05) is 31.2 Å². The van der Waals surface area contributed by atoms with Crippen LogP contribution in [-0.2, 0) is 16.0 Å². The molecular weight excluding hydrogens is 258 g/mol. The normalized spacial score (nSPS) is 11.6. The lowest BCUT2D eigenvalue weighted by molar-refractivity contribution is -0.145. The highest BCUT2D eigenvalue weighted by molar-refractivity contribution is 7.16. The van der Waals surface area contributed by atoms with E-state index in [4.69, 9.17) is 21.1 Å². The zero-order chi connectivity index (χ0) is 12.7. The molecule has 17 heavy (non-hydrogen) atoms. The van der Waals surface area contributed by atoms with Gasteiger partial charge in [0.25, 0.3) is 0 Å². The first-order valence-electron chi connectivity index (χ1n) is 5.81. The van der Waals surface area contributed by atoms with Crippen molar-refractivity contribution >= 4 is 22.9 Å². The average molecular weight is 278 g/mol. The number of halogens is 1. The molecule has 0 spiro atoms. The molecule has 5 heteroatoms. The molecule has 0 amide bonds. The quantitative estimate of drug-likeness (QED) is 0.681. The molecule has 3 nitrogen and oxygen atoms in total. The number of hydrogen-bond donors (Lipinski definition) is 0. The molecule has 0 saturated heterocycles. The largest absolute Gasteiger partial charge is 0.352 e. The molecule has 0 aromatic carbocycles. The molecule has 1 heterocycles. The van der Waals surface area contributed by atoms with Crippen LogP contribution in [0.3, 0.4) is 0 Å². The lowest BCUT2D eigenvalue weighted by atomic mass is 10.4. The topological polar surface area (TPSA) is 21.7 Å². The van der Waals surface area contributed by atoms with Crippen LogP contribution >= 0.6 is 22.9 Å². The smallest absolute Gasteiger partial charge is 0.170 e. The molecule has 0 fully saturated rings. The van der Waals surface area contributed by atoms with E-state index in [1.807, 2.05) is 19.9 Å². The van der Waals surface area contributed by atoms with Gasteiger partial charge in [0.2, 0.25) is 0 Å². The Hall–Kier alpha value is -0.130. The Labute approximate surface area is 112 Å². The molecule has 0 aliphatic rings. The van der Waals surface area contributed by atoms with Crippen molar-refractivity contribution in [2.45, 2.75) is 26.7 Å². The van der Waals surface area contributed by atoms with Gasteiger partial charge in [0.05, 0.1) is 4.34 Å². The molecule has 1 aromatic rings. The minimum Gasteiger partial charge on any atom is -0.352 e. The molecular formula is C12H20ClNO2S. The minimum atomic E-state index is -0.148. The summed E-state index contributed by atoms with van der Waals surface area (Å²) in [5, 5.41) is 0. The molecule has 1 rings (SSSR count). The Balaban J connectivity index is 2.38. The number of rotatable bonds is 8. The van der Waals surface area contributed by atoms with Crippen LogP contribution in [0, 0.1) is 0 Å². The summed E-state index contributed by atoms with van der Waals surface area (Å²) in [6.07, 6.45) is -0.148. The summed E-state index contributed by atoms with van der Waals surface area (Å²) in [6.45, 7) is 6.92. The van der Waals surface area contributed by atoms with Crippen molar-refractivity contribution < 1.29 is 9.47 Å². The van der Waals surface area contributed by atoms with Gasteiger partial charge in [-0.3, -0.25) is 4.90 Å². The summed E-state index contributed by atoms with van der Waals surface area (Å²) in [5.74, 6) is 0. The second-order valence-corrected chi connectivity index (χ2v) is 5.54. The molecule has 0 radical (unpaired) electrons. The minimum absolute atomic E-state index is 0.148. The van der Waals surface area contributed by atoms with E-state index >= 15 is 0 Å². The third-order valence-electron chi connectivity index (χ3n) is 2.22. The lowest BCUT2D eigenvalue weighted by Gasteiger charge is -2.23. The molecule has 98 valence electrons. The van der Waals surface area contributed by atoms with Crippen molar-refractivity contribution in [3.8, 4) is 0 Å². The van der Waals surface area contributed by atoms with Crippen molar-refractivity contribution in [3.63, 3.8) is 0 Å². The first-order valence-corrected chi connectivity index (χ1v) is 7.01. The van der Waals surface area contributed by atoms with Crippen LogP contribution in [0.5, 0.6) is 0 Å². The maximum absolute atomic E-state index is 5.90. The van der Waals surface area contributed by atoms with E-state index in [0.717, 1.165) is 17.4 Å². The molecule has 0 bridgehead atoms. The van der Waals surface area contributed by atoms with Crippen molar-refractivity contribution in [3.05, 3.63) is 21.3 Å². The predicted octanol–water partition coefficient (Wildman–Crippen LogP) is 3.23. The molecule has 0 aliphatic heterocycles. The Morgan fingerprint density at radius 2 is 1.94 bits per heavy atom. The fourth-order valence-corrected chi connectivity index (χ4v) is 2.71. The van der Waals surface area contributed by atoms with Crippen molar-refractivity contribution in [2.24, 2.45) is 0 Å². The maximum atomic E-state index is 5.90. The van der Waals surface area contributed by atoms with Crippen molar-refractivity contribution in [1.82, 2.24) is 4.90 Å². The first kappa shape index (κ1) is 14.9. The molecule has 0 atom stereocenters. The number of hydrogen-bond acceptors (Lipinski definition) is 4. The highest BCUT2D eigenvalue weighted by atomic mass is 35.5.